The van der Waals surface area contributed by atoms with Crippen molar-refractivity contribution in [1.82, 2.24) is 15.3 Å². The van der Waals surface area contributed by atoms with E-state index in [9.17, 15) is 9.18 Å². The van der Waals surface area contributed by atoms with Crippen LogP contribution in [0.1, 0.15) is 31.4 Å². The van der Waals surface area contributed by atoms with Crippen LogP contribution in [-0.2, 0) is 16.1 Å². The fourth-order valence-electron chi connectivity index (χ4n) is 3.70. The molecule has 168 valence electrons. The first-order chi connectivity index (χ1) is 15.5. The minimum Gasteiger partial charge on any atom is -0.469 e. The zero-order valence-electron chi connectivity index (χ0n) is 17.5. The summed E-state index contributed by atoms with van der Waals surface area (Å²) >= 11 is 7.30. The van der Waals surface area contributed by atoms with E-state index in [1.54, 1.807) is 24.4 Å². The van der Waals surface area contributed by atoms with Gasteiger partial charge in [0.2, 0.25) is 5.89 Å². The number of pyridine rings is 1. The molecule has 1 fully saturated rings. The third-order valence-corrected chi connectivity index (χ3v) is 6.65. The number of hydrogen-bond acceptors (Lipinski definition) is 7. The molecule has 9 heteroatoms. The molecule has 0 saturated heterocycles. The fourth-order valence-corrected chi connectivity index (χ4v) is 4.60. The summed E-state index contributed by atoms with van der Waals surface area (Å²) in [5.74, 6) is -0.0345. The molecule has 0 bridgehead atoms. The van der Waals surface area contributed by atoms with Crippen molar-refractivity contribution in [2.45, 2.75) is 48.4 Å². The van der Waals surface area contributed by atoms with Gasteiger partial charge in [-0.25, -0.2) is 14.4 Å². The third-order valence-electron chi connectivity index (χ3n) is 5.47. The lowest BCUT2D eigenvalue weighted by molar-refractivity contribution is -0.146. The number of benzene rings is 1. The summed E-state index contributed by atoms with van der Waals surface area (Å²) < 4.78 is 24.2. The monoisotopic (exact) mass is 475 g/mol. The number of aromatic nitrogens is 2. The summed E-state index contributed by atoms with van der Waals surface area (Å²) in [6, 6.07) is 9.91. The van der Waals surface area contributed by atoms with Gasteiger partial charge in [0.05, 0.1) is 18.1 Å². The number of ether oxygens (including phenoxy) is 1. The minimum atomic E-state index is -0.315. The van der Waals surface area contributed by atoms with Gasteiger partial charge in [0.15, 0.2) is 5.09 Å². The molecule has 1 aromatic carbocycles. The van der Waals surface area contributed by atoms with Gasteiger partial charge in [-0.2, -0.15) is 0 Å². The largest absolute Gasteiger partial charge is 0.469 e. The molecule has 6 nitrogen and oxygen atoms in total. The predicted octanol–water partition coefficient (Wildman–Crippen LogP) is 5.50. The van der Waals surface area contributed by atoms with Gasteiger partial charge in [-0.15, -0.1) is 0 Å². The van der Waals surface area contributed by atoms with E-state index < -0.39 is 0 Å². The van der Waals surface area contributed by atoms with Gasteiger partial charge in [0, 0.05) is 24.3 Å². The number of nitrogens with zero attached hydrogens (tertiary/aromatic N) is 2. The van der Waals surface area contributed by atoms with Crippen LogP contribution in [0.15, 0.2) is 57.1 Å². The molecule has 0 unspecified atom stereocenters. The lowest BCUT2D eigenvalue weighted by Gasteiger charge is -2.27. The Morgan fingerprint density at radius 2 is 1.97 bits per heavy atom. The number of nitrogens with one attached hydrogen (secondary N) is 1. The van der Waals surface area contributed by atoms with Crippen molar-refractivity contribution in [3.63, 3.8) is 0 Å². The molecular weight excluding hydrogens is 453 g/mol. The van der Waals surface area contributed by atoms with E-state index >= 15 is 0 Å². The number of halogens is 2. The Balaban J connectivity index is 1.48. The molecular formula is C23H23ClFN3O3S. The number of esters is 1. The Labute approximate surface area is 194 Å². The van der Waals surface area contributed by atoms with Crippen molar-refractivity contribution in [2.75, 3.05) is 7.11 Å². The number of carbonyl (C=O) groups excluding carboxylic acids is 1. The van der Waals surface area contributed by atoms with Crippen LogP contribution in [0.4, 0.5) is 4.39 Å². The van der Waals surface area contributed by atoms with E-state index in [0.29, 0.717) is 28.1 Å². The lowest BCUT2D eigenvalue weighted by Crippen LogP contribution is -2.35. The van der Waals surface area contributed by atoms with E-state index in [1.807, 2.05) is 6.07 Å². The Morgan fingerprint density at radius 1 is 1.22 bits per heavy atom. The van der Waals surface area contributed by atoms with Crippen LogP contribution in [0, 0.1) is 11.7 Å². The Hall–Kier alpha value is -2.42. The Kier molecular flexibility index (Phi) is 7.44. The molecule has 1 saturated carbocycles. The summed E-state index contributed by atoms with van der Waals surface area (Å²) in [5.41, 5.74) is 1.45. The van der Waals surface area contributed by atoms with Crippen LogP contribution in [0.2, 0.25) is 5.02 Å². The van der Waals surface area contributed by atoms with E-state index in [1.165, 1.54) is 31.0 Å². The maximum absolute atomic E-state index is 13.3. The molecule has 2 aromatic heterocycles. The molecule has 1 aliphatic carbocycles. The number of carbonyl (C=O) groups is 1. The summed E-state index contributed by atoms with van der Waals surface area (Å²) in [7, 11) is 1.44. The van der Waals surface area contributed by atoms with E-state index in [0.717, 1.165) is 36.4 Å². The van der Waals surface area contributed by atoms with E-state index in [-0.39, 0.29) is 23.7 Å². The number of oxazole rings is 1. The second-order valence-corrected chi connectivity index (χ2v) is 9.06. The first-order valence-electron chi connectivity index (χ1n) is 10.4. The average molecular weight is 476 g/mol. The molecule has 3 aromatic rings. The van der Waals surface area contributed by atoms with Gasteiger partial charge in [-0.05, 0) is 73.8 Å². The molecule has 0 aliphatic heterocycles. The molecule has 0 radical (unpaired) electrons. The van der Waals surface area contributed by atoms with Crippen molar-refractivity contribution < 1.29 is 18.3 Å². The van der Waals surface area contributed by atoms with E-state index in [2.05, 4.69) is 15.3 Å². The topological polar surface area (TPSA) is 77.2 Å². The smallest absolute Gasteiger partial charge is 0.308 e. The molecule has 4 rings (SSSR count). The maximum Gasteiger partial charge on any atom is 0.308 e. The van der Waals surface area contributed by atoms with Crippen LogP contribution in [0.5, 0.6) is 0 Å². The predicted molar refractivity (Wildman–Crippen MR) is 120 cm³/mol. The van der Waals surface area contributed by atoms with Crippen LogP contribution >= 0.6 is 23.4 Å². The molecule has 0 atom stereocenters. The first-order valence-corrected chi connectivity index (χ1v) is 11.6. The highest BCUT2D eigenvalue weighted by molar-refractivity contribution is 7.99. The van der Waals surface area contributed by atoms with Crippen molar-refractivity contribution in [3.8, 4) is 11.5 Å². The SMILES string of the molecule is COC(=O)[C@H]1CC[C@H](NCc2nc(-c3ccc(F)cc3)oc2Sc2ccc(Cl)cn2)CC1. The van der Waals surface area contributed by atoms with Crippen molar-refractivity contribution >= 4 is 29.3 Å². The summed E-state index contributed by atoms with van der Waals surface area (Å²) in [4.78, 5) is 20.7. The molecule has 1 aliphatic rings. The van der Waals surface area contributed by atoms with Crippen molar-refractivity contribution in [2.24, 2.45) is 5.92 Å². The molecule has 0 amide bonds. The van der Waals surface area contributed by atoms with Gasteiger partial charge in [0.1, 0.15) is 16.5 Å². The second kappa shape index (κ2) is 10.5. The van der Waals surface area contributed by atoms with Gasteiger partial charge >= 0.3 is 5.97 Å². The first kappa shape index (κ1) is 22.8. The van der Waals surface area contributed by atoms with E-state index in [4.69, 9.17) is 20.8 Å². The zero-order chi connectivity index (χ0) is 22.5. The van der Waals surface area contributed by atoms with Gasteiger partial charge < -0.3 is 14.5 Å². The van der Waals surface area contributed by atoms with Crippen LogP contribution in [-0.4, -0.2) is 29.1 Å². The molecule has 0 spiro atoms. The number of methoxy groups -OCH3 is 1. The summed E-state index contributed by atoms with van der Waals surface area (Å²) in [6.07, 6.45) is 4.98. The van der Waals surface area contributed by atoms with Gasteiger partial charge in [-0.1, -0.05) is 11.6 Å². The average Bonchev–Trinajstić information content (AvgIpc) is 3.22. The Morgan fingerprint density at radius 3 is 2.62 bits per heavy atom. The van der Waals surface area contributed by atoms with Crippen molar-refractivity contribution in [3.05, 3.63) is 59.1 Å². The zero-order valence-corrected chi connectivity index (χ0v) is 19.1. The van der Waals surface area contributed by atoms with Crippen LogP contribution in [0.25, 0.3) is 11.5 Å². The highest BCUT2D eigenvalue weighted by Gasteiger charge is 2.27. The van der Waals surface area contributed by atoms with Crippen molar-refractivity contribution in [1.29, 1.82) is 0 Å². The second-order valence-electron chi connectivity index (χ2n) is 7.63. The minimum absolute atomic E-state index is 0.0164. The summed E-state index contributed by atoms with van der Waals surface area (Å²) in [5, 5.41) is 5.45. The third kappa shape index (κ3) is 5.68. The van der Waals surface area contributed by atoms with Crippen LogP contribution in [0.3, 0.4) is 0 Å². The van der Waals surface area contributed by atoms with Crippen LogP contribution < -0.4 is 5.32 Å². The summed E-state index contributed by atoms with van der Waals surface area (Å²) in [6.45, 7) is 0.508. The normalized spacial score (nSPS) is 18.5. The molecule has 2 heterocycles. The Bertz CT molecular complexity index is 1050. The molecule has 1 N–H and O–H groups in total. The highest BCUT2D eigenvalue weighted by Crippen LogP contribution is 2.34. The quantitative estimate of drug-likeness (QED) is 0.452. The van der Waals surface area contributed by atoms with Gasteiger partial charge in [-0.3, -0.25) is 4.79 Å². The lowest BCUT2D eigenvalue weighted by atomic mass is 9.86. The standard InChI is InChI=1S/C23H23ClFN3O3S/c1-30-22(29)15-4-9-18(10-5-15)26-13-19-23(32-20-11-6-16(24)12-27-20)31-21(28-19)14-2-7-17(25)8-3-14/h2-3,6-8,11-12,15,18,26H,4-5,9-10,13H2,1H3/t15-,18-. The number of rotatable bonds is 7. The highest BCUT2D eigenvalue weighted by atomic mass is 35.5. The molecule has 32 heavy (non-hydrogen) atoms. The van der Waals surface area contributed by atoms with Gasteiger partial charge in [0.25, 0.3) is 0 Å². The fraction of sp³-hybridized carbons (Fsp3) is 0.348. The number of hydrogen-bond donors (Lipinski definition) is 1. The maximum atomic E-state index is 13.3.